The summed E-state index contributed by atoms with van der Waals surface area (Å²) in [7, 11) is 2.06. The quantitative estimate of drug-likeness (QED) is 0.814. The van der Waals surface area contributed by atoms with E-state index in [0.717, 1.165) is 18.9 Å². The van der Waals surface area contributed by atoms with Gasteiger partial charge in [0, 0.05) is 37.9 Å². The number of aryl methyl sites for hydroxylation is 1. The molecule has 0 N–H and O–H groups in total. The monoisotopic (exact) mass is 245 g/mol. The van der Waals surface area contributed by atoms with Crippen LogP contribution in [0.25, 0.3) is 0 Å². The highest BCUT2D eigenvalue weighted by atomic mass is 15.3. The molecule has 1 aliphatic heterocycles. The van der Waals surface area contributed by atoms with Crippen molar-refractivity contribution in [1.29, 1.82) is 0 Å². The van der Waals surface area contributed by atoms with Gasteiger partial charge in [-0.3, -0.25) is 9.58 Å². The van der Waals surface area contributed by atoms with E-state index in [1.807, 2.05) is 35.5 Å². The molecule has 18 heavy (non-hydrogen) atoms. The normalized spacial score (nSPS) is 20.6. The standard InChI is InChI=1S/C13H19N5/c1-16-9-6-14-13(16)11-17-7-2-4-12(17)10-18-8-3-5-15-18/h3,5-6,8-9,12H,2,4,7,10-11H2,1H3. The average Bonchev–Trinajstić information content (AvgIpc) is 3.06. The Hall–Kier alpha value is -1.62. The van der Waals surface area contributed by atoms with Crippen molar-refractivity contribution in [2.24, 2.45) is 7.05 Å². The SMILES string of the molecule is Cn1ccnc1CN1CCCC1Cn1cccn1. The summed E-state index contributed by atoms with van der Waals surface area (Å²) in [6.07, 6.45) is 10.3. The first-order chi connectivity index (χ1) is 8.83. The Morgan fingerprint density at radius 2 is 2.28 bits per heavy atom. The van der Waals surface area contributed by atoms with Crippen molar-refractivity contribution in [1.82, 2.24) is 24.2 Å². The van der Waals surface area contributed by atoms with Gasteiger partial charge in [-0.05, 0) is 25.5 Å². The highest BCUT2D eigenvalue weighted by molar-refractivity contribution is 4.93. The summed E-state index contributed by atoms with van der Waals surface area (Å²) in [5.41, 5.74) is 0. The van der Waals surface area contributed by atoms with Gasteiger partial charge in [0.2, 0.25) is 0 Å². The lowest BCUT2D eigenvalue weighted by Crippen LogP contribution is -2.33. The third kappa shape index (κ3) is 2.31. The van der Waals surface area contributed by atoms with Gasteiger partial charge >= 0.3 is 0 Å². The van der Waals surface area contributed by atoms with Crippen molar-refractivity contribution < 1.29 is 0 Å². The Balaban J connectivity index is 1.66. The zero-order valence-electron chi connectivity index (χ0n) is 10.7. The van der Waals surface area contributed by atoms with Gasteiger partial charge in [0.15, 0.2) is 0 Å². The van der Waals surface area contributed by atoms with Crippen LogP contribution in [0.1, 0.15) is 18.7 Å². The van der Waals surface area contributed by atoms with Crippen LogP contribution in [0.15, 0.2) is 30.9 Å². The van der Waals surface area contributed by atoms with Crippen LogP contribution in [-0.2, 0) is 20.1 Å². The van der Waals surface area contributed by atoms with Gasteiger partial charge in [-0.1, -0.05) is 0 Å². The summed E-state index contributed by atoms with van der Waals surface area (Å²) >= 11 is 0. The number of imidazole rings is 1. The lowest BCUT2D eigenvalue weighted by atomic mass is 10.2. The molecule has 0 spiro atoms. The van der Waals surface area contributed by atoms with Crippen LogP contribution in [0.3, 0.4) is 0 Å². The third-order valence-corrected chi connectivity index (χ3v) is 3.72. The van der Waals surface area contributed by atoms with E-state index in [9.17, 15) is 0 Å². The van der Waals surface area contributed by atoms with Crippen LogP contribution in [0.4, 0.5) is 0 Å². The second-order valence-electron chi connectivity index (χ2n) is 4.95. The molecule has 5 nitrogen and oxygen atoms in total. The van der Waals surface area contributed by atoms with Crippen LogP contribution in [0.5, 0.6) is 0 Å². The van der Waals surface area contributed by atoms with E-state index in [1.54, 1.807) is 0 Å². The van der Waals surface area contributed by atoms with Crippen molar-refractivity contribution in [2.45, 2.75) is 32.0 Å². The second kappa shape index (κ2) is 4.94. The maximum Gasteiger partial charge on any atom is 0.122 e. The minimum absolute atomic E-state index is 0.585. The van der Waals surface area contributed by atoms with Crippen LogP contribution in [0.2, 0.25) is 0 Å². The molecule has 1 unspecified atom stereocenters. The van der Waals surface area contributed by atoms with Crippen molar-refractivity contribution in [3.8, 4) is 0 Å². The van der Waals surface area contributed by atoms with E-state index < -0.39 is 0 Å². The lowest BCUT2D eigenvalue weighted by molar-refractivity contribution is 0.212. The molecule has 0 aromatic carbocycles. The third-order valence-electron chi connectivity index (χ3n) is 3.72. The van der Waals surface area contributed by atoms with Gasteiger partial charge in [-0.25, -0.2) is 4.98 Å². The Bertz CT molecular complexity index is 487. The molecule has 1 saturated heterocycles. The number of aromatic nitrogens is 4. The predicted molar refractivity (Wildman–Crippen MR) is 68.9 cm³/mol. The number of hydrogen-bond acceptors (Lipinski definition) is 3. The van der Waals surface area contributed by atoms with Gasteiger partial charge in [0.25, 0.3) is 0 Å². The summed E-state index contributed by atoms with van der Waals surface area (Å²) in [6, 6.07) is 2.57. The molecule has 2 aromatic rings. The van der Waals surface area contributed by atoms with Crippen molar-refractivity contribution in [3.05, 3.63) is 36.7 Å². The lowest BCUT2D eigenvalue weighted by Gasteiger charge is -2.24. The summed E-state index contributed by atoms with van der Waals surface area (Å²) in [5, 5.41) is 4.30. The topological polar surface area (TPSA) is 38.9 Å². The minimum atomic E-state index is 0.585. The second-order valence-corrected chi connectivity index (χ2v) is 4.95. The first-order valence-electron chi connectivity index (χ1n) is 6.50. The molecule has 0 radical (unpaired) electrons. The molecule has 0 saturated carbocycles. The average molecular weight is 245 g/mol. The molecule has 1 fully saturated rings. The van der Waals surface area contributed by atoms with E-state index in [2.05, 4.69) is 26.6 Å². The van der Waals surface area contributed by atoms with Crippen molar-refractivity contribution in [2.75, 3.05) is 6.54 Å². The Morgan fingerprint density at radius 1 is 1.33 bits per heavy atom. The number of rotatable bonds is 4. The molecule has 0 amide bonds. The predicted octanol–water partition coefficient (Wildman–Crippen LogP) is 1.28. The van der Waals surface area contributed by atoms with E-state index in [-0.39, 0.29) is 0 Å². The van der Waals surface area contributed by atoms with Gasteiger partial charge in [-0.2, -0.15) is 5.10 Å². The van der Waals surface area contributed by atoms with Crippen molar-refractivity contribution >= 4 is 0 Å². The van der Waals surface area contributed by atoms with E-state index in [0.29, 0.717) is 6.04 Å². The fourth-order valence-electron chi connectivity index (χ4n) is 2.66. The summed E-state index contributed by atoms with van der Waals surface area (Å²) in [5.74, 6) is 1.14. The Kier molecular flexibility index (Phi) is 3.15. The molecular weight excluding hydrogens is 226 g/mol. The van der Waals surface area contributed by atoms with Crippen LogP contribution < -0.4 is 0 Å². The number of likely N-dealkylation sites (tertiary alicyclic amines) is 1. The molecule has 96 valence electrons. The molecule has 3 rings (SSSR count). The first kappa shape index (κ1) is 11.5. The number of nitrogens with zero attached hydrogens (tertiary/aromatic N) is 5. The summed E-state index contributed by atoms with van der Waals surface area (Å²) in [4.78, 5) is 6.93. The largest absolute Gasteiger partial charge is 0.337 e. The van der Waals surface area contributed by atoms with E-state index >= 15 is 0 Å². The number of hydrogen-bond donors (Lipinski definition) is 0. The van der Waals surface area contributed by atoms with Crippen LogP contribution >= 0.6 is 0 Å². The minimum Gasteiger partial charge on any atom is -0.337 e. The van der Waals surface area contributed by atoms with Gasteiger partial charge in [-0.15, -0.1) is 0 Å². The zero-order valence-corrected chi connectivity index (χ0v) is 10.7. The van der Waals surface area contributed by atoms with Gasteiger partial charge in [0.05, 0.1) is 13.1 Å². The van der Waals surface area contributed by atoms with Crippen molar-refractivity contribution in [3.63, 3.8) is 0 Å². The summed E-state index contributed by atoms with van der Waals surface area (Å²) in [6.45, 7) is 3.09. The molecule has 1 aliphatic rings. The van der Waals surface area contributed by atoms with E-state index in [4.69, 9.17) is 0 Å². The molecule has 1 atom stereocenters. The molecular formula is C13H19N5. The van der Waals surface area contributed by atoms with Gasteiger partial charge < -0.3 is 4.57 Å². The zero-order chi connectivity index (χ0) is 12.4. The summed E-state index contributed by atoms with van der Waals surface area (Å²) < 4.78 is 4.13. The van der Waals surface area contributed by atoms with Gasteiger partial charge in [0.1, 0.15) is 5.82 Å². The molecule has 0 bridgehead atoms. The molecule has 3 heterocycles. The Morgan fingerprint density at radius 3 is 3.00 bits per heavy atom. The highest BCUT2D eigenvalue weighted by Crippen LogP contribution is 2.20. The fourth-order valence-corrected chi connectivity index (χ4v) is 2.66. The van der Waals surface area contributed by atoms with Crippen LogP contribution in [-0.4, -0.2) is 36.8 Å². The van der Waals surface area contributed by atoms with E-state index in [1.165, 1.54) is 19.4 Å². The smallest absolute Gasteiger partial charge is 0.122 e. The molecule has 5 heteroatoms. The fraction of sp³-hybridized carbons (Fsp3) is 0.538. The maximum atomic E-state index is 4.41. The molecule has 0 aliphatic carbocycles. The maximum absolute atomic E-state index is 4.41. The Labute approximate surface area is 107 Å². The first-order valence-corrected chi connectivity index (χ1v) is 6.50. The van der Waals surface area contributed by atoms with Crippen LogP contribution in [0, 0.1) is 0 Å². The molecule has 2 aromatic heterocycles. The highest BCUT2D eigenvalue weighted by Gasteiger charge is 2.25.